The van der Waals surface area contributed by atoms with E-state index in [0.29, 0.717) is 13.1 Å². The van der Waals surface area contributed by atoms with Crippen molar-refractivity contribution in [1.29, 1.82) is 0 Å². The first-order chi connectivity index (χ1) is 8.72. The quantitative estimate of drug-likeness (QED) is 0.708. The summed E-state index contributed by atoms with van der Waals surface area (Å²) in [6.45, 7) is 9.70. The van der Waals surface area contributed by atoms with Crippen molar-refractivity contribution in [3.63, 3.8) is 0 Å². The third-order valence-electron chi connectivity index (χ3n) is 2.93. The molecule has 1 amide bonds. The Kier molecular flexibility index (Phi) is 6.43. The van der Waals surface area contributed by atoms with Gasteiger partial charge in [-0.2, -0.15) is 0 Å². The van der Waals surface area contributed by atoms with E-state index in [1.54, 1.807) is 6.20 Å². The van der Waals surface area contributed by atoms with E-state index in [-0.39, 0.29) is 5.91 Å². The van der Waals surface area contributed by atoms with Gasteiger partial charge in [-0.1, -0.05) is 6.92 Å². The van der Waals surface area contributed by atoms with E-state index in [1.807, 2.05) is 29.5 Å². The van der Waals surface area contributed by atoms with Crippen LogP contribution in [0.2, 0.25) is 0 Å². The van der Waals surface area contributed by atoms with Crippen molar-refractivity contribution in [3.8, 4) is 0 Å². The van der Waals surface area contributed by atoms with Gasteiger partial charge in [0.25, 0.3) is 0 Å². The van der Waals surface area contributed by atoms with Gasteiger partial charge in [0.1, 0.15) is 12.4 Å². The summed E-state index contributed by atoms with van der Waals surface area (Å²) in [5.41, 5.74) is 0. The summed E-state index contributed by atoms with van der Waals surface area (Å²) in [4.78, 5) is 18.1. The van der Waals surface area contributed by atoms with Gasteiger partial charge >= 0.3 is 0 Å². The number of nitrogens with one attached hydrogen (secondary N) is 1. The molecule has 0 spiro atoms. The van der Waals surface area contributed by atoms with E-state index in [2.05, 4.69) is 17.2 Å². The van der Waals surface area contributed by atoms with Crippen LogP contribution in [0.25, 0.3) is 0 Å². The van der Waals surface area contributed by atoms with E-state index in [1.165, 1.54) is 0 Å². The molecule has 0 unspecified atom stereocenters. The average Bonchev–Trinajstić information content (AvgIpc) is 2.79. The second kappa shape index (κ2) is 7.87. The van der Waals surface area contributed by atoms with Crippen LogP contribution in [0.15, 0.2) is 12.4 Å². The lowest BCUT2D eigenvalue weighted by molar-refractivity contribution is -0.131. The number of hydrogen-bond acceptors (Lipinski definition) is 3. The number of carbonyl (C=O) groups is 1. The SMILES string of the molecule is CCCNCc1nccn1CC(=O)N(CC)CC. The molecule has 0 radical (unpaired) electrons. The van der Waals surface area contributed by atoms with Gasteiger partial charge in [-0.15, -0.1) is 0 Å². The lowest BCUT2D eigenvalue weighted by Gasteiger charge is -2.19. The summed E-state index contributed by atoms with van der Waals surface area (Å²) in [7, 11) is 0. The maximum absolute atomic E-state index is 12.0. The molecule has 0 aromatic carbocycles. The minimum atomic E-state index is 0.148. The number of imidazole rings is 1. The first kappa shape index (κ1) is 14.7. The molecule has 0 aliphatic heterocycles. The highest BCUT2D eigenvalue weighted by atomic mass is 16.2. The van der Waals surface area contributed by atoms with Crippen molar-refractivity contribution < 1.29 is 4.79 Å². The molecule has 0 bridgehead atoms. The Morgan fingerprint density at radius 2 is 2.11 bits per heavy atom. The third kappa shape index (κ3) is 4.14. The Labute approximate surface area is 109 Å². The van der Waals surface area contributed by atoms with E-state index in [0.717, 1.165) is 31.9 Å². The van der Waals surface area contributed by atoms with E-state index in [9.17, 15) is 4.79 Å². The van der Waals surface area contributed by atoms with E-state index < -0.39 is 0 Å². The van der Waals surface area contributed by atoms with Crippen molar-refractivity contribution in [2.24, 2.45) is 0 Å². The topological polar surface area (TPSA) is 50.2 Å². The Morgan fingerprint density at radius 3 is 2.72 bits per heavy atom. The van der Waals surface area contributed by atoms with Gasteiger partial charge < -0.3 is 14.8 Å². The second-order valence-corrected chi connectivity index (χ2v) is 4.21. The fraction of sp³-hybridized carbons (Fsp3) is 0.692. The Bertz CT molecular complexity index is 358. The Morgan fingerprint density at radius 1 is 1.39 bits per heavy atom. The highest BCUT2D eigenvalue weighted by Gasteiger charge is 2.12. The molecule has 18 heavy (non-hydrogen) atoms. The fourth-order valence-electron chi connectivity index (χ4n) is 1.85. The van der Waals surface area contributed by atoms with Gasteiger partial charge in [0.15, 0.2) is 0 Å². The van der Waals surface area contributed by atoms with Crippen LogP contribution in [0.3, 0.4) is 0 Å². The van der Waals surface area contributed by atoms with E-state index in [4.69, 9.17) is 0 Å². The van der Waals surface area contributed by atoms with E-state index >= 15 is 0 Å². The normalized spacial score (nSPS) is 10.6. The van der Waals surface area contributed by atoms with Gasteiger partial charge in [0.2, 0.25) is 5.91 Å². The molecular formula is C13H24N4O. The van der Waals surface area contributed by atoms with Crippen LogP contribution in [-0.4, -0.2) is 40.0 Å². The lowest BCUT2D eigenvalue weighted by atomic mass is 10.4. The number of hydrogen-bond donors (Lipinski definition) is 1. The summed E-state index contributed by atoms with van der Waals surface area (Å²) in [6.07, 6.45) is 4.71. The maximum atomic E-state index is 12.0. The molecule has 0 aliphatic carbocycles. The molecule has 5 heteroatoms. The van der Waals surface area contributed by atoms with Crippen LogP contribution in [-0.2, 0) is 17.9 Å². The molecule has 1 aromatic rings. The highest BCUT2D eigenvalue weighted by molar-refractivity contribution is 5.76. The van der Waals surface area contributed by atoms with Crippen molar-refractivity contribution in [1.82, 2.24) is 19.8 Å². The van der Waals surface area contributed by atoms with Gasteiger partial charge in [-0.3, -0.25) is 4.79 Å². The molecule has 0 aliphatic rings. The van der Waals surface area contributed by atoms with Crippen molar-refractivity contribution in [2.75, 3.05) is 19.6 Å². The largest absolute Gasteiger partial charge is 0.342 e. The lowest BCUT2D eigenvalue weighted by Crippen LogP contribution is -2.34. The van der Waals surface area contributed by atoms with Crippen LogP contribution in [0.4, 0.5) is 0 Å². The number of carbonyl (C=O) groups excluding carboxylic acids is 1. The molecule has 1 aromatic heterocycles. The van der Waals surface area contributed by atoms with Crippen molar-refractivity contribution in [3.05, 3.63) is 18.2 Å². The van der Waals surface area contributed by atoms with Crippen LogP contribution >= 0.6 is 0 Å². The zero-order valence-corrected chi connectivity index (χ0v) is 11.6. The molecule has 0 saturated carbocycles. The molecule has 0 fully saturated rings. The molecule has 1 rings (SSSR count). The van der Waals surface area contributed by atoms with Crippen molar-refractivity contribution >= 4 is 5.91 Å². The zero-order valence-electron chi connectivity index (χ0n) is 11.6. The third-order valence-corrected chi connectivity index (χ3v) is 2.93. The molecule has 1 N–H and O–H groups in total. The predicted molar refractivity (Wildman–Crippen MR) is 72.2 cm³/mol. The fourth-order valence-corrected chi connectivity index (χ4v) is 1.85. The summed E-state index contributed by atoms with van der Waals surface area (Å²) >= 11 is 0. The predicted octanol–water partition coefficient (Wildman–Crippen LogP) is 1.25. The zero-order chi connectivity index (χ0) is 13.4. The van der Waals surface area contributed by atoms with Crippen molar-refractivity contribution in [2.45, 2.75) is 40.3 Å². The van der Waals surface area contributed by atoms with Crippen LogP contribution in [0, 0.1) is 0 Å². The number of nitrogens with zero attached hydrogens (tertiary/aromatic N) is 3. The molecule has 5 nitrogen and oxygen atoms in total. The number of rotatable bonds is 8. The van der Waals surface area contributed by atoms with Crippen LogP contribution in [0.5, 0.6) is 0 Å². The van der Waals surface area contributed by atoms with Gasteiger partial charge in [0, 0.05) is 25.5 Å². The van der Waals surface area contributed by atoms with Crippen LogP contribution in [0.1, 0.15) is 33.0 Å². The summed E-state index contributed by atoms with van der Waals surface area (Å²) in [5.74, 6) is 1.07. The monoisotopic (exact) mass is 252 g/mol. The second-order valence-electron chi connectivity index (χ2n) is 4.21. The average molecular weight is 252 g/mol. The molecule has 0 atom stereocenters. The summed E-state index contributed by atoms with van der Waals surface area (Å²) in [5, 5.41) is 3.30. The van der Waals surface area contributed by atoms with Gasteiger partial charge in [-0.05, 0) is 26.8 Å². The minimum absolute atomic E-state index is 0.148. The Hall–Kier alpha value is -1.36. The summed E-state index contributed by atoms with van der Waals surface area (Å²) in [6, 6.07) is 0. The number of amides is 1. The maximum Gasteiger partial charge on any atom is 0.242 e. The molecule has 102 valence electrons. The smallest absolute Gasteiger partial charge is 0.242 e. The standard InChI is InChI=1S/C13H24N4O/c1-4-7-14-10-12-15-8-9-17(12)11-13(18)16(5-2)6-3/h8-9,14H,4-7,10-11H2,1-3H3. The van der Waals surface area contributed by atoms with Gasteiger partial charge in [0.05, 0.1) is 6.54 Å². The first-order valence-electron chi connectivity index (χ1n) is 6.71. The van der Waals surface area contributed by atoms with Gasteiger partial charge in [-0.25, -0.2) is 4.98 Å². The number of likely N-dealkylation sites (N-methyl/N-ethyl adjacent to an activating group) is 1. The molecule has 0 saturated heterocycles. The molecular weight excluding hydrogens is 228 g/mol. The number of aromatic nitrogens is 2. The minimum Gasteiger partial charge on any atom is -0.342 e. The Balaban J connectivity index is 2.56. The first-order valence-corrected chi connectivity index (χ1v) is 6.71. The molecule has 1 heterocycles. The highest BCUT2D eigenvalue weighted by Crippen LogP contribution is 2.00. The summed E-state index contributed by atoms with van der Waals surface area (Å²) < 4.78 is 1.92. The van der Waals surface area contributed by atoms with Crippen LogP contribution < -0.4 is 5.32 Å².